The molecule has 2 nitrogen and oxygen atoms in total. The third-order valence-corrected chi connectivity index (χ3v) is 4.98. The molecule has 0 radical (unpaired) electrons. The highest BCUT2D eigenvalue weighted by molar-refractivity contribution is 5.45. The predicted octanol–water partition coefficient (Wildman–Crippen LogP) is 2.05. The van der Waals surface area contributed by atoms with Crippen LogP contribution in [-0.2, 0) is 4.79 Å². The molecule has 1 N–H and O–H groups in total. The van der Waals surface area contributed by atoms with E-state index in [1.807, 2.05) is 0 Å². The molecule has 0 aliphatic heterocycles. The zero-order valence-electron chi connectivity index (χ0n) is 9.42. The lowest BCUT2D eigenvalue weighted by molar-refractivity contribution is -0.129. The summed E-state index contributed by atoms with van der Waals surface area (Å²) in [5.41, 5.74) is 0.567. The minimum atomic E-state index is 0.567. The van der Waals surface area contributed by atoms with Gasteiger partial charge in [-0.05, 0) is 41.9 Å². The van der Waals surface area contributed by atoms with E-state index in [-0.39, 0.29) is 0 Å². The maximum atomic E-state index is 10.3. The molecule has 0 aromatic carbocycles. The van der Waals surface area contributed by atoms with Crippen LogP contribution in [0.4, 0.5) is 0 Å². The number of carbonyl (C=O) groups excluding carboxylic acids is 1. The van der Waals surface area contributed by atoms with Gasteiger partial charge in [0.25, 0.3) is 0 Å². The van der Waals surface area contributed by atoms with E-state index in [1.54, 1.807) is 0 Å². The first-order valence-electron chi connectivity index (χ1n) is 5.74. The van der Waals surface area contributed by atoms with Crippen molar-refractivity contribution in [3.8, 4) is 0 Å². The normalized spacial score (nSPS) is 43.9. The highest BCUT2D eigenvalue weighted by Crippen LogP contribution is 2.62. The Morgan fingerprint density at radius 1 is 1.43 bits per heavy atom. The fourth-order valence-corrected chi connectivity index (χ4v) is 3.73. The van der Waals surface area contributed by atoms with Crippen LogP contribution < -0.4 is 5.32 Å². The van der Waals surface area contributed by atoms with Crippen molar-refractivity contribution in [2.75, 3.05) is 6.54 Å². The monoisotopic (exact) mass is 195 g/mol. The number of fused-ring (bicyclic) bond motifs is 2. The molecule has 4 unspecified atom stereocenters. The molecule has 3 saturated carbocycles. The first kappa shape index (κ1) is 10.0. The van der Waals surface area contributed by atoms with E-state index in [0.29, 0.717) is 5.41 Å². The summed E-state index contributed by atoms with van der Waals surface area (Å²) in [5.74, 6) is 3.29. The van der Waals surface area contributed by atoms with Gasteiger partial charge in [-0.15, -0.1) is 0 Å². The number of carbonyl (C=O) groups is 1. The average molecular weight is 195 g/mol. The Kier molecular flexibility index (Phi) is 2.32. The van der Waals surface area contributed by atoms with Crippen LogP contribution >= 0.6 is 0 Å². The van der Waals surface area contributed by atoms with Crippen LogP contribution in [0.5, 0.6) is 0 Å². The topological polar surface area (TPSA) is 29.1 Å². The number of rotatable bonds is 3. The second kappa shape index (κ2) is 3.25. The van der Waals surface area contributed by atoms with Crippen molar-refractivity contribution < 1.29 is 4.79 Å². The van der Waals surface area contributed by atoms with Crippen LogP contribution in [0.15, 0.2) is 0 Å². The third kappa shape index (κ3) is 1.27. The lowest BCUT2D eigenvalue weighted by Crippen LogP contribution is -2.56. The van der Waals surface area contributed by atoms with Gasteiger partial charge in [0.15, 0.2) is 0 Å². The van der Waals surface area contributed by atoms with E-state index < -0.39 is 0 Å². The second-order valence-electron chi connectivity index (χ2n) is 5.74. The molecular formula is C12H21NO. The Labute approximate surface area is 86.5 Å². The summed E-state index contributed by atoms with van der Waals surface area (Å²) in [5, 5.41) is 2.84. The molecule has 4 atom stereocenters. The molecule has 80 valence electrons. The number of amides is 1. The maximum absolute atomic E-state index is 10.3. The molecule has 3 aliphatic carbocycles. The van der Waals surface area contributed by atoms with Crippen molar-refractivity contribution in [2.45, 2.75) is 33.6 Å². The Balaban J connectivity index is 1.97. The van der Waals surface area contributed by atoms with Gasteiger partial charge in [0, 0.05) is 6.54 Å². The Hall–Kier alpha value is -0.530. The summed E-state index contributed by atoms with van der Waals surface area (Å²) in [4.78, 5) is 10.3. The first-order chi connectivity index (χ1) is 6.57. The summed E-state index contributed by atoms with van der Waals surface area (Å²) in [6.07, 6.45) is 3.56. The van der Waals surface area contributed by atoms with Gasteiger partial charge in [-0.2, -0.15) is 0 Å². The second-order valence-corrected chi connectivity index (χ2v) is 5.74. The minimum absolute atomic E-state index is 0.567. The number of nitrogens with one attached hydrogen (secondary N) is 1. The fourth-order valence-electron chi connectivity index (χ4n) is 3.73. The molecule has 0 spiro atoms. The number of hydrogen-bond donors (Lipinski definition) is 1. The average Bonchev–Trinajstić information content (AvgIpc) is 2.15. The fraction of sp³-hybridized carbons (Fsp3) is 0.917. The van der Waals surface area contributed by atoms with E-state index in [4.69, 9.17) is 0 Å². The largest absolute Gasteiger partial charge is 0.358 e. The minimum Gasteiger partial charge on any atom is -0.358 e. The zero-order chi connectivity index (χ0) is 10.3. The highest BCUT2D eigenvalue weighted by atomic mass is 16.1. The van der Waals surface area contributed by atoms with Gasteiger partial charge in [0.05, 0.1) is 0 Å². The SMILES string of the molecule is CC1C(CNC=O)CC2CC1C2(C)C. The standard InChI is InChI=1S/C12H21NO/c1-8-9(6-13-7-14)4-10-5-11(8)12(10,2)3/h7-11H,4-6H2,1-3H3,(H,13,14). The molecule has 0 heterocycles. The molecule has 1 amide bonds. The molecule has 3 aliphatic rings. The van der Waals surface area contributed by atoms with Gasteiger partial charge in [-0.3, -0.25) is 4.79 Å². The van der Waals surface area contributed by atoms with Gasteiger partial charge in [0.1, 0.15) is 0 Å². The molecule has 3 rings (SSSR count). The number of hydrogen-bond acceptors (Lipinski definition) is 1. The summed E-state index contributed by atoms with van der Waals surface area (Å²) in [7, 11) is 0. The quantitative estimate of drug-likeness (QED) is 0.686. The Morgan fingerprint density at radius 3 is 2.64 bits per heavy atom. The van der Waals surface area contributed by atoms with Crippen molar-refractivity contribution >= 4 is 6.41 Å². The summed E-state index contributed by atoms with van der Waals surface area (Å²) >= 11 is 0. The van der Waals surface area contributed by atoms with Crippen LogP contribution in [0.2, 0.25) is 0 Å². The Bertz CT molecular complexity index is 236. The molecule has 14 heavy (non-hydrogen) atoms. The Morgan fingerprint density at radius 2 is 2.14 bits per heavy atom. The summed E-state index contributed by atoms with van der Waals surface area (Å²) in [6.45, 7) is 8.06. The maximum Gasteiger partial charge on any atom is 0.207 e. The molecule has 2 bridgehead atoms. The van der Waals surface area contributed by atoms with Gasteiger partial charge in [-0.25, -0.2) is 0 Å². The third-order valence-electron chi connectivity index (χ3n) is 4.98. The first-order valence-corrected chi connectivity index (χ1v) is 5.74. The van der Waals surface area contributed by atoms with Crippen LogP contribution in [0, 0.1) is 29.1 Å². The molecule has 0 saturated heterocycles. The van der Waals surface area contributed by atoms with Gasteiger partial charge >= 0.3 is 0 Å². The van der Waals surface area contributed by atoms with Crippen LogP contribution in [0.3, 0.4) is 0 Å². The predicted molar refractivity (Wildman–Crippen MR) is 56.7 cm³/mol. The highest BCUT2D eigenvalue weighted by Gasteiger charge is 2.55. The van der Waals surface area contributed by atoms with Crippen LogP contribution in [0.25, 0.3) is 0 Å². The molecule has 2 heteroatoms. The van der Waals surface area contributed by atoms with Gasteiger partial charge in [0.2, 0.25) is 6.41 Å². The van der Waals surface area contributed by atoms with E-state index in [9.17, 15) is 4.79 Å². The van der Waals surface area contributed by atoms with Gasteiger partial charge < -0.3 is 5.32 Å². The molecule has 3 fully saturated rings. The van der Waals surface area contributed by atoms with Crippen molar-refractivity contribution in [3.05, 3.63) is 0 Å². The van der Waals surface area contributed by atoms with Crippen molar-refractivity contribution in [3.63, 3.8) is 0 Å². The zero-order valence-corrected chi connectivity index (χ0v) is 9.42. The smallest absolute Gasteiger partial charge is 0.207 e. The van der Waals surface area contributed by atoms with Gasteiger partial charge in [-0.1, -0.05) is 20.8 Å². The molecular weight excluding hydrogens is 174 g/mol. The lowest BCUT2D eigenvalue weighted by atomic mass is 9.43. The van der Waals surface area contributed by atoms with E-state index in [2.05, 4.69) is 26.1 Å². The van der Waals surface area contributed by atoms with Crippen molar-refractivity contribution in [2.24, 2.45) is 29.1 Å². The van der Waals surface area contributed by atoms with E-state index in [1.165, 1.54) is 12.8 Å². The van der Waals surface area contributed by atoms with Crippen molar-refractivity contribution in [1.82, 2.24) is 5.32 Å². The summed E-state index contributed by atoms with van der Waals surface area (Å²) in [6, 6.07) is 0. The summed E-state index contributed by atoms with van der Waals surface area (Å²) < 4.78 is 0. The van der Waals surface area contributed by atoms with E-state index in [0.717, 1.165) is 36.6 Å². The van der Waals surface area contributed by atoms with E-state index >= 15 is 0 Å². The van der Waals surface area contributed by atoms with Crippen molar-refractivity contribution in [1.29, 1.82) is 0 Å². The molecule has 0 aromatic heterocycles. The van der Waals surface area contributed by atoms with Crippen LogP contribution in [0.1, 0.15) is 33.6 Å². The lowest BCUT2D eigenvalue weighted by Gasteiger charge is -2.62. The van der Waals surface area contributed by atoms with Crippen LogP contribution in [-0.4, -0.2) is 13.0 Å². The molecule has 0 aromatic rings.